The molecule has 62 heavy (non-hydrogen) atoms. The first-order valence-electron chi connectivity index (χ1n) is 20.5. The summed E-state index contributed by atoms with van der Waals surface area (Å²) in [4.78, 5) is 83.5. The van der Waals surface area contributed by atoms with Crippen molar-refractivity contribution < 1.29 is 67.8 Å². The van der Waals surface area contributed by atoms with Gasteiger partial charge in [0.25, 0.3) is 5.91 Å². The molecule has 3 aromatic carbocycles. The molecule has 328 valence electrons. The van der Waals surface area contributed by atoms with E-state index in [0.29, 0.717) is 5.56 Å². The number of carbonyl (C=O) groups is 6. The Balaban J connectivity index is 1.39. The van der Waals surface area contributed by atoms with Gasteiger partial charge in [0.2, 0.25) is 0 Å². The van der Waals surface area contributed by atoms with Gasteiger partial charge in [-0.1, -0.05) is 80.6 Å². The molecule has 2 bridgehead atoms. The predicted octanol–water partition coefficient (Wildman–Crippen LogP) is 3.74. The van der Waals surface area contributed by atoms with Crippen LogP contribution in [-0.4, -0.2) is 105 Å². The van der Waals surface area contributed by atoms with E-state index in [9.17, 15) is 39.3 Å². The predicted molar refractivity (Wildman–Crippen MR) is 218 cm³/mol. The minimum atomic E-state index is -2.39. The fraction of sp³-hybridized carbons (Fsp3) is 0.447. The number of carbonyl (C=O) groups excluding carboxylic acids is 6. The summed E-state index contributed by atoms with van der Waals surface area (Å²) in [7, 11) is 0. The minimum Gasteiger partial charge on any atom is -0.456 e. The first kappa shape index (κ1) is 44.3. The van der Waals surface area contributed by atoms with Crippen LogP contribution in [0.5, 0.6) is 0 Å². The van der Waals surface area contributed by atoms with Gasteiger partial charge < -0.3 is 44.3 Å². The topological polar surface area (TPSA) is 221 Å². The average Bonchev–Trinajstić information content (AvgIpc) is 3.24. The van der Waals surface area contributed by atoms with Crippen LogP contribution >= 0.6 is 0 Å². The molecule has 1 aliphatic heterocycles. The van der Waals surface area contributed by atoms with E-state index in [2.05, 4.69) is 5.32 Å². The molecular weight excluding hydrogens is 803 g/mol. The summed E-state index contributed by atoms with van der Waals surface area (Å²) in [6.07, 6.45) is -10.5. The standard InChI is InChI=1S/C47H51NO14/c1-25-31(60-43(56)36(52)35(28-16-10-7-11-17-28)48-41(54)29-18-12-8-13-19-29)23-47(57)40(61-42(55)30-20-14-9-15-21-30)38-45(6,32(51)22-33-46(38,24-58-33)62-27(3)50)39(53)37(59-26(2)49)34(25)44(47,4)5/h7-21,31-33,35-38,40,51-52,57H,22-24H2,1-6H3,(H,48,54)/t31-,32-,33+,35-,36+,37-,38?,40?,45+,46-,47?/m0/s1. The van der Waals surface area contributed by atoms with Crippen LogP contribution in [-0.2, 0) is 42.9 Å². The van der Waals surface area contributed by atoms with Gasteiger partial charge in [0, 0.05) is 37.7 Å². The Morgan fingerprint density at radius 3 is 1.95 bits per heavy atom. The summed E-state index contributed by atoms with van der Waals surface area (Å²) in [5.74, 6) is -6.84. The molecule has 1 saturated heterocycles. The monoisotopic (exact) mass is 853 g/mol. The normalized spacial score (nSPS) is 31.9. The highest BCUT2D eigenvalue weighted by Gasteiger charge is 2.78. The van der Waals surface area contributed by atoms with Crippen molar-refractivity contribution in [2.45, 2.75) is 108 Å². The first-order valence-corrected chi connectivity index (χ1v) is 20.5. The molecule has 3 unspecified atom stereocenters. The first-order chi connectivity index (χ1) is 29.3. The molecular formula is C47H51NO14. The van der Waals surface area contributed by atoms with Crippen LogP contribution in [0, 0.1) is 16.7 Å². The number of aliphatic hydroxyl groups excluding tert-OH is 2. The van der Waals surface area contributed by atoms with E-state index in [4.69, 9.17) is 23.7 Å². The zero-order chi connectivity index (χ0) is 44.9. The van der Waals surface area contributed by atoms with E-state index >= 15 is 4.79 Å². The number of aliphatic hydroxyl groups is 3. The van der Waals surface area contributed by atoms with Crippen molar-refractivity contribution >= 4 is 35.6 Å². The van der Waals surface area contributed by atoms with Crippen LogP contribution in [0.25, 0.3) is 0 Å². The number of nitrogens with one attached hydrogen (secondary N) is 1. The lowest BCUT2D eigenvalue weighted by Gasteiger charge is -2.67. The summed E-state index contributed by atoms with van der Waals surface area (Å²) in [5.41, 5.74) is -7.02. The van der Waals surface area contributed by atoms with Gasteiger partial charge in [0.1, 0.15) is 23.9 Å². The fourth-order valence-electron chi connectivity index (χ4n) is 10.2. The van der Waals surface area contributed by atoms with Gasteiger partial charge in [0.05, 0.1) is 35.6 Å². The van der Waals surface area contributed by atoms with E-state index in [1.165, 1.54) is 26.0 Å². The van der Waals surface area contributed by atoms with E-state index in [0.717, 1.165) is 13.8 Å². The molecule has 1 heterocycles. The maximum atomic E-state index is 15.5. The van der Waals surface area contributed by atoms with Crippen LogP contribution < -0.4 is 5.32 Å². The van der Waals surface area contributed by atoms with Crippen molar-refractivity contribution in [3.8, 4) is 0 Å². The molecule has 3 aromatic rings. The summed E-state index contributed by atoms with van der Waals surface area (Å²) >= 11 is 0. The Bertz CT molecular complexity index is 2280. The number of rotatable bonds is 10. The minimum absolute atomic E-state index is 0.00289. The number of amides is 1. The Morgan fingerprint density at radius 2 is 1.40 bits per heavy atom. The van der Waals surface area contributed by atoms with Gasteiger partial charge in [-0.05, 0) is 54.8 Å². The van der Waals surface area contributed by atoms with Crippen molar-refractivity contribution in [2.75, 3.05) is 6.61 Å². The molecule has 0 radical (unpaired) electrons. The third kappa shape index (κ3) is 7.29. The van der Waals surface area contributed by atoms with Gasteiger partial charge >= 0.3 is 23.9 Å². The number of ketones is 1. The average molecular weight is 854 g/mol. The second-order valence-corrected chi connectivity index (χ2v) is 17.4. The van der Waals surface area contributed by atoms with Crippen LogP contribution in [0.1, 0.15) is 86.7 Å². The van der Waals surface area contributed by atoms with Crippen molar-refractivity contribution in [2.24, 2.45) is 16.7 Å². The summed E-state index contributed by atoms with van der Waals surface area (Å²) < 4.78 is 30.3. The third-order valence-electron chi connectivity index (χ3n) is 13.5. The zero-order valence-electron chi connectivity index (χ0n) is 35.2. The summed E-state index contributed by atoms with van der Waals surface area (Å²) in [6, 6.07) is 22.9. The molecule has 7 rings (SSSR count). The smallest absolute Gasteiger partial charge is 0.338 e. The van der Waals surface area contributed by atoms with Crippen LogP contribution in [0.4, 0.5) is 0 Å². The fourth-order valence-corrected chi connectivity index (χ4v) is 10.2. The van der Waals surface area contributed by atoms with Crippen LogP contribution in [0.2, 0.25) is 0 Å². The molecule has 15 nitrogen and oxygen atoms in total. The number of hydrogen-bond acceptors (Lipinski definition) is 14. The van der Waals surface area contributed by atoms with E-state index in [-0.39, 0.29) is 35.3 Å². The third-order valence-corrected chi connectivity index (χ3v) is 13.5. The Hall–Kier alpha value is -5.74. The van der Waals surface area contributed by atoms with E-state index in [1.807, 2.05) is 0 Å². The second kappa shape index (κ2) is 16.5. The summed E-state index contributed by atoms with van der Waals surface area (Å²) in [6.45, 7) is 7.97. The zero-order valence-corrected chi connectivity index (χ0v) is 35.2. The molecule has 3 fully saturated rings. The lowest BCUT2D eigenvalue weighted by atomic mass is 9.44. The highest BCUT2D eigenvalue weighted by molar-refractivity contribution is 5.96. The molecule has 2 saturated carbocycles. The van der Waals surface area contributed by atoms with Gasteiger partial charge in [-0.3, -0.25) is 19.2 Å². The maximum absolute atomic E-state index is 15.5. The van der Waals surface area contributed by atoms with Crippen molar-refractivity contribution in [3.63, 3.8) is 0 Å². The van der Waals surface area contributed by atoms with Crippen molar-refractivity contribution in [3.05, 3.63) is 119 Å². The van der Waals surface area contributed by atoms with E-state index in [1.54, 1.807) is 92.7 Å². The SMILES string of the molecule is CC(=O)O[C@@H]1C(=O)[C@@]2(C)C(C(OC(=O)c3ccccc3)C3(O)C[C@H](OC(=O)[C@H](O)[C@@H](NC(=O)c4ccccc4)c4ccccc4)C(C)=C1C3(C)C)[C@]1(OC(C)=O)CO[C@@H]1C[C@@H]2O. The molecule has 1 amide bonds. The summed E-state index contributed by atoms with van der Waals surface area (Å²) in [5, 5.41) is 40.2. The van der Waals surface area contributed by atoms with Crippen LogP contribution in [0.3, 0.4) is 0 Å². The Morgan fingerprint density at radius 1 is 0.823 bits per heavy atom. The molecule has 11 atom stereocenters. The number of fused-ring (bicyclic) bond motifs is 5. The largest absolute Gasteiger partial charge is 0.456 e. The maximum Gasteiger partial charge on any atom is 0.338 e. The number of ether oxygens (including phenoxy) is 5. The highest BCUT2D eigenvalue weighted by atomic mass is 16.6. The van der Waals surface area contributed by atoms with Gasteiger partial charge in [-0.2, -0.15) is 0 Å². The Kier molecular flexibility index (Phi) is 11.8. The molecule has 15 heteroatoms. The molecule has 0 aromatic heterocycles. The lowest BCUT2D eigenvalue weighted by molar-refractivity contribution is -0.346. The lowest BCUT2D eigenvalue weighted by Crippen LogP contribution is -2.82. The highest BCUT2D eigenvalue weighted by Crippen LogP contribution is 2.64. The van der Waals surface area contributed by atoms with E-state index < -0.39 is 113 Å². The van der Waals surface area contributed by atoms with Gasteiger partial charge in [-0.25, -0.2) is 9.59 Å². The molecule has 4 N–H and O–H groups in total. The van der Waals surface area contributed by atoms with Crippen LogP contribution in [0.15, 0.2) is 102 Å². The number of benzene rings is 3. The van der Waals surface area contributed by atoms with Crippen molar-refractivity contribution in [1.82, 2.24) is 5.32 Å². The molecule has 3 aliphatic carbocycles. The molecule has 4 aliphatic rings. The van der Waals surface area contributed by atoms with Gasteiger partial charge in [0.15, 0.2) is 23.6 Å². The van der Waals surface area contributed by atoms with Crippen molar-refractivity contribution in [1.29, 1.82) is 0 Å². The Labute approximate surface area is 358 Å². The molecule has 0 spiro atoms. The number of Topliss-reactive ketones (excluding diaryl/α,β-unsaturated/α-hetero) is 1. The van der Waals surface area contributed by atoms with Gasteiger partial charge in [-0.15, -0.1) is 0 Å². The quantitative estimate of drug-likeness (QED) is 0.130. The number of esters is 4. The number of hydrogen-bond donors (Lipinski definition) is 4. The second-order valence-electron chi connectivity index (χ2n) is 17.4.